The molecule has 0 bridgehead atoms. The molecule has 3 aliphatic heterocycles. The van der Waals surface area contributed by atoms with Gasteiger partial charge < -0.3 is 9.88 Å². The summed E-state index contributed by atoms with van der Waals surface area (Å²) in [4.78, 5) is 20.6. The number of hydrogen-bond donors (Lipinski definition) is 2. The van der Waals surface area contributed by atoms with Gasteiger partial charge in [-0.15, -0.1) is 4.47 Å². The Morgan fingerprint density at radius 2 is 1.97 bits per heavy atom. The zero-order chi connectivity index (χ0) is 26.5. The molecule has 2 aromatic rings. The van der Waals surface area contributed by atoms with Crippen molar-refractivity contribution in [2.24, 2.45) is 9.46 Å². The number of piperidine rings is 1. The van der Waals surface area contributed by atoms with Crippen LogP contribution in [0.25, 0.3) is 5.70 Å². The number of dihydropyridines is 1. The molecule has 2 atom stereocenters. The maximum atomic E-state index is 5.02. The van der Waals surface area contributed by atoms with Gasteiger partial charge in [0.15, 0.2) is 0 Å². The van der Waals surface area contributed by atoms with Crippen LogP contribution in [0.3, 0.4) is 0 Å². The van der Waals surface area contributed by atoms with Crippen molar-refractivity contribution < 1.29 is 0 Å². The molecule has 2 fully saturated rings. The Bertz CT molecular complexity index is 1150. The fourth-order valence-corrected chi connectivity index (χ4v) is 6.35. The van der Waals surface area contributed by atoms with E-state index in [2.05, 4.69) is 97.8 Å². The van der Waals surface area contributed by atoms with Crippen LogP contribution < -0.4 is 5.43 Å². The van der Waals surface area contributed by atoms with E-state index in [0.29, 0.717) is 12.1 Å². The van der Waals surface area contributed by atoms with E-state index in [1.807, 2.05) is 12.4 Å². The first-order valence-electron chi connectivity index (χ1n) is 13.9. The number of benzene rings is 1. The van der Waals surface area contributed by atoms with Crippen LogP contribution in [0.5, 0.6) is 0 Å². The van der Waals surface area contributed by atoms with E-state index in [-0.39, 0.29) is 5.92 Å². The molecule has 4 heterocycles. The number of nitrogens with one attached hydrogen (secondary N) is 2. The standard InChI is InChI=1S/C29H40N8S/c1-4-26-20-36(29-21(2)17-25(18-32-29)28-30-11-12-31-28)15-16-37(26)27-9-13-35(14-10-27)19-23-5-7-24(8-6-23)22(3)33-34-38/h5-8,11-12,17,25-27H,3-4,9-10,13-16,18-20H2,1-2H3,(H,30,31)(H,33,38). The predicted molar refractivity (Wildman–Crippen MR) is 156 cm³/mol. The molecule has 202 valence electrons. The molecule has 5 rings (SSSR count). The van der Waals surface area contributed by atoms with E-state index in [1.165, 1.54) is 36.2 Å². The summed E-state index contributed by atoms with van der Waals surface area (Å²) in [5, 5.41) is 0. The molecule has 38 heavy (non-hydrogen) atoms. The maximum absolute atomic E-state index is 5.02. The zero-order valence-electron chi connectivity index (χ0n) is 22.6. The molecule has 2 saturated heterocycles. The van der Waals surface area contributed by atoms with Crippen molar-refractivity contribution in [2.45, 2.75) is 57.7 Å². The molecule has 2 N–H and O–H groups in total. The SMILES string of the molecule is C=C(NN=S)c1ccc(CN2CCC(N3CCN(C4=NCC(c5ncc[nH]5)C=C4C)CC3CC)CC2)cc1. The van der Waals surface area contributed by atoms with Crippen molar-refractivity contribution in [1.82, 2.24) is 30.1 Å². The average Bonchev–Trinajstić information content (AvgIpc) is 3.49. The van der Waals surface area contributed by atoms with Gasteiger partial charge in [-0.3, -0.25) is 20.2 Å². The first kappa shape index (κ1) is 26.7. The number of H-pyrrole nitrogens is 1. The number of amidine groups is 1. The lowest BCUT2D eigenvalue weighted by Crippen LogP contribution is -2.59. The monoisotopic (exact) mass is 532 g/mol. The number of imidazole rings is 1. The quantitative estimate of drug-likeness (QED) is 0.499. The van der Waals surface area contributed by atoms with Gasteiger partial charge in [-0.05, 0) is 56.0 Å². The zero-order valence-corrected chi connectivity index (χ0v) is 23.5. The van der Waals surface area contributed by atoms with Gasteiger partial charge in [-0.25, -0.2) is 4.98 Å². The molecule has 1 aromatic carbocycles. The Kier molecular flexibility index (Phi) is 8.66. The summed E-state index contributed by atoms with van der Waals surface area (Å²) < 4.78 is 3.54. The van der Waals surface area contributed by atoms with E-state index >= 15 is 0 Å². The second kappa shape index (κ2) is 12.3. The Balaban J connectivity index is 1.12. The molecule has 3 aliphatic rings. The van der Waals surface area contributed by atoms with E-state index < -0.39 is 0 Å². The molecular weight excluding hydrogens is 492 g/mol. The maximum Gasteiger partial charge on any atom is 0.126 e. The molecule has 0 radical (unpaired) electrons. The number of likely N-dealkylation sites (tertiary alicyclic amines) is 1. The van der Waals surface area contributed by atoms with Gasteiger partial charge in [-0.1, -0.05) is 43.8 Å². The van der Waals surface area contributed by atoms with Crippen molar-refractivity contribution in [3.8, 4) is 0 Å². The molecule has 9 heteroatoms. The number of hydrogen-bond acceptors (Lipinski definition) is 7. The highest BCUT2D eigenvalue weighted by Gasteiger charge is 2.34. The minimum absolute atomic E-state index is 0.254. The van der Waals surface area contributed by atoms with Gasteiger partial charge in [0.1, 0.15) is 11.7 Å². The number of nitrogens with zero attached hydrogens (tertiary/aromatic N) is 6. The van der Waals surface area contributed by atoms with Crippen LogP contribution in [-0.2, 0) is 19.0 Å². The van der Waals surface area contributed by atoms with Crippen LogP contribution in [0, 0.1) is 0 Å². The van der Waals surface area contributed by atoms with E-state index in [4.69, 9.17) is 4.99 Å². The summed E-state index contributed by atoms with van der Waals surface area (Å²) in [5.41, 5.74) is 7.12. The van der Waals surface area contributed by atoms with Gasteiger partial charge in [0.25, 0.3) is 0 Å². The van der Waals surface area contributed by atoms with Crippen LogP contribution in [0.2, 0.25) is 0 Å². The molecule has 8 nitrogen and oxygen atoms in total. The molecule has 0 aliphatic carbocycles. The van der Waals surface area contributed by atoms with E-state index in [1.54, 1.807) is 0 Å². The second-order valence-electron chi connectivity index (χ2n) is 10.7. The van der Waals surface area contributed by atoms with Gasteiger partial charge in [-0.2, -0.15) is 0 Å². The molecular formula is C29H40N8S. The van der Waals surface area contributed by atoms with E-state index in [0.717, 1.165) is 62.9 Å². The minimum atomic E-state index is 0.254. The third-order valence-corrected chi connectivity index (χ3v) is 8.42. The molecule has 0 saturated carbocycles. The fourth-order valence-electron chi connectivity index (χ4n) is 6.24. The Morgan fingerprint density at radius 1 is 1.18 bits per heavy atom. The smallest absolute Gasteiger partial charge is 0.126 e. The second-order valence-corrected chi connectivity index (χ2v) is 10.9. The van der Waals surface area contributed by atoms with Crippen LogP contribution in [0.1, 0.15) is 56.0 Å². The molecule has 0 spiro atoms. The normalized spacial score (nSPS) is 23.6. The lowest BCUT2D eigenvalue weighted by molar-refractivity contribution is 0.0314. The highest BCUT2D eigenvalue weighted by molar-refractivity contribution is 7.47. The van der Waals surface area contributed by atoms with Crippen molar-refractivity contribution >= 4 is 24.0 Å². The van der Waals surface area contributed by atoms with Crippen LogP contribution in [0.15, 0.2) is 64.4 Å². The Labute approximate surface area is 232 Å². The van der Waals surface area contributed by atoms with Crippen molar-refractivity contribution in [2.75, 3.05) is 39.3 Å². The Hall–Kier alpha value is -2.88. The lowest BCUT2D eigenvalue weighted by Gasteiger charge is -2.48. The summed E-state index contributed by atoms with van der Waals surface area (Å²) >= 11 is 4.62. The number of aromatic amines is 1. The summed E-state index contributed by atoms with van der Waals surface area (Å²) in [7, 11) is 0. The predicted octanol–water partition coefficient (Wildman–Crippen LogP) is 4.12. The summed E-state index contributed by atoms with van der Waals surface area (Å²) in [5.74, 6) is 2.45. The van der Waals surface area contributed by atoms with E-state index in [9.17, 15) is 0 Å². The first-order valence-corrected chi connectivity index (χ1v) is 14.2. The largest absolute Gasteiger partial charge is 0.354 e. The van der Waals surface area contributed by atoms with Crippen molar-refractivity contribution in [3.63, 3.8) is 0 Å². The average molecular weight is 533 g/mol. The van der Waals surface area contributed by atoms with Crippen LogP contribution in [0.4, 0.5) is 0 Å². The number of aromatic nitrogens is 2. The summed E-state index contributed by atoms with van der Waals surface area (Å²) in [6, 6.07) is 9.80. The number of aliphatic imine (C=N–C) groups is 1. The van der Waals surface area contributed by atoms with Gasteiger partial charge in [0.05, 0.1) is 30.6 Å². The van der Waals surface area contributed by atoms with Gasteiger partial charge in [0.2, 0.25) is 0 Å². The topological polar surface area (TPSA) is 75.2 Å². The molecule has 2 unspecified atom stereocenters. The van der Waals surface area contributed by atoms with Crippen LogP contribution in [-0.4, -0.2) is 81.9 Å². The van der Waals surface area contributed by atoms with Crippen LogP contribution >= 0.6 is 0 Å². The third-order valence-electron chi connectivity index (χ3n) is 8.33. The fraction of sp³-hybridized carbons (Fsp3) is 0.517. The molecule has 0 amide bonds. The van der Waals surface area contributed by atoms with Crippen molar-refractivity contribution in [3.05, 3.63) is 71.8 Å². The van der Waals surface area contributed by atoms with Gasteiger partial charge >= 0.3 is 0 Å². The third kappa shape index (κ3) is 6.06. The van der Waals surface area contributed by atoms with Gasteiger partial charge in [0, 0.05) is 50.7 Å². The van der Waals surface area contributed by atoms with Crippen molar-refractivity contribution in [1.29, 1.82) is 0 Å². The summed E-state index contributed by atoms with van der Waals surface area (Å²) in [6.07, 6.45) is 9.70. The highest BCUT2D eigenvalue weighted by Crippen LogP contribution is 2.27. The first-order chi connectivity index (χ1) is 18.6. The minimum Gasteiger partial charge on any atom is -0.354 e. The lowest BCUT2D eigenvalue weighted by atomic mass is 9.96. The number of piperazine rings is 1. The number of rotatable bonds is 8. The summed E-state index contributed by atoms with van der Waals surface area (Å²) in [6.45, 7) is 15.8. The Morgan fingerprint density at radius 3 is 2.63 bits per heavy atom. The molecule has 1 aromatic heterocycles. The highest BCUT2D eigenvalue weighted by atomic mass is 32.1.